The van der Waals surface area contributed by atoms with E-state index in [4.69, 9.17) is 16.3 Å². The Bertz CT molecular complexity index is 1400. The van der Waals surface area contributed by atoms with Crippen molar-refractivity contribution in [2.24, 2.45) is 0 Å². The minimum atomic E-state index is -0.876. The molecule has 4 aromatic rings. The summed E-state index contributed by atoms with van der Waals surface area (Å²) in [4.78, 5) is 12.4. The molecule has 1 aromatic heterocycles. The van der Waals surface area contributed by atoms with Crippen LogP contribution < -0.4 is 15.4 Å². The first-order chi connectivity index (χ1) is 17.3. The summed E-state index contributed by atoms with van der Waals surface area (Å²) in [6, 6.07) is 15.4. The average Bonchev–Trinajstić information content (AvgIpc) is 3.27. The second kappa shape index (κ2) is 11.4. The molecule has 0 bridgehead atoms. The summed E-state index contributed by atoms with van der Waals surface area (Å²) in [6.45, 7) is 1.93. The number of carbonyl (C=O) groups excluding carboxylic acids is 1. The SMILES string of the molecule is COc1cccc(CSc2nnc(CNC(=O)Nc3ccc(F)cc3F)n2-c2cc(Cl)ccc2C)c1. The van der Waals surface area contributed by atoms with E-state index in [1.165, 1.54) is 11.8 Å². The molecule has 0 spiro atoms. The molecule has 0 aliphatic heterocycles. The number of urea groups is 1. The first-order valence-electron chi connectivity index (χ1n) is 10.8. The van der Waals surface area contributed by atoms with Crippen LogP contribution in [0, 0.1) is 18.6 Å². The number of rotatable bonds is 8. The van der Waals surface area contributed by atoms with Crippen molar-refractivity contribution in [1.82, 2.24) is 20.1 Å². The number of hydrogen-bond acceptors (Lipinski definition) is 5. The third kappa shape index (κ3) is 6.13. The van der Waals surface area contributed by atoms with Crippen molar-refractivity contribution >= 4 is 35.1 Å². The molecule has 0 fully saturated rings. The second-order valence-corrected chi connectivity index (χ2v) is 9.12. The average molecular weight is 530 g/mol. The van der Waals surface area contributed by atoms with Gasteiger partial charge in [-0.15, -0.1) is 10.2 Å². The molecule has 0 aliphatic carbocycles. The number of aromatic nitrogens is 3. The molecule has 36 heavy (non-hydrogen) atoms. The molecule has 11 heteroatoms. The molecule has 0 unspecified atom stereocenters. The fraction of sp³-hybridized carbons (Fsp3) is 0.160. The number of thioether (sulfide) groups is 1. The Morgan fingerprint density at radius 1 is 1.11 bits per heavy atom. The normalized spacial score (nSPS) is 10.8. The molecule has 186 valence electrons. The van der Waals surface area contributed by atoms with Gasteiger partial charge < -0.3 is 15.4 Å². The third-order valence-corrected chi connectivity index (χ3v) is 6.44. The Labute approximate surface area is 215 Å². The molecule has 0 radical (unpaired) electrons. The van der Waals surface area contributed by atoms with Crippen molar-refractivity contribution in [2.45, 2.75) is 24.4 Å². The van der Waals surface area contributed by atoms with Crippen LogP contribution in [0.2, 0.25) is 5.02 Å². The maximum atomic E-state index is 13.9. The van der Waals surface area contributed by atoms with Gasteiger partial charge in [0.2, 0.25) is 0 Å². The lowest BCUT2D eigenvalue weighted by molar-refractivity contribution is 0.251. The molecule has 0 saturated heterocycles. The van der Waals surface area contributed by atoms with E-state index in [1.54, 1.807) is 19.2 Å². The number of hydrogen-bond donors (Lipinski definition) is 2. The molecule has 3 aromatic carbocycles. The number of nitrogens with one attached hydrogen (secondary N) is 2. The number of ether oxygens (including phenoxy) is 1. The predicted octanol–water partition coefficient (Wildman–Crippen LogP) is 6.13. The fourth-order valence-corrected chi connectivity index (χ4v) is 4.47. The lowest BCUT2D eigenvalue weighted by Gasteiger charge is -2.14. The Morgan fingerprint density at radius 3 is 2.72 bits per heavy atom. The van der Waals surface area contributed by atoms with Crippen LogP contribution in [-0.4, -0.2) is 27.9 Å². The Morgan fingerprint density at radius 2 is 1.94 bits per heavy atom. The third-order valence-electron chi connectivity index (χ3n) is 5.20. The van der Waals surface area contributed by atoms with Gasteiger partial charge in [-0.05, 0) is 54.4 Å². The van der Waals surface area contributed by atoms with Crippen LogP contribution in [-0.2, 0) is 12.3 Å². The summed E-state index contributed by atoms with van der Waals surface area (Å²) in [5.74, 6) is 0.200. The zero-order chi connectivity index (χ0) is 25.7. The topological polar surface area (TPSA) is 81.1 Å². The van der Waals surface area contributed by atoms with Gasteiger partial charge >= 0.3 is 6.03 Å². The van der Waals surface area contributed by atoms with Crippen LogP contribution >= 0.6 is 23.4 Å². The van der Waals surface area contributed by atoms with Gasteiger partial charge in [-0.25, -0.2) is 13.6 Å². The number of nitrogens with zero attached hydrogens (tertiary/aromatic N) is 3. The molecule has 0 atom stereocenters. The van der Waals surface area contributed by atoms with E-state index in [9.17, 15) is 13.6 Å². The smallest absolute Gasteiger partial charge is 0.319 e. The van der Waals surface area contributed by atoms with E-state index in [1.807, 2.05) is 41.8 Å². The quantitative estimate of drug-likeness (QED) is 0.268. The van der Waals surface area contributed by atoms with Gasteiger partial charge in [-0.3, -0.25) is 4.57 Å². The van der Waals surface area contributed by atoms with E-state index in [-0.39, 0.29) is 12.2 Å². The molecule has 1 heterocycles. The van der Waals surface area contributed by atoms with Gasteiger partial charge in [0.1, 0.15) is 17.4 Å². The largest absolute Gasteiger partial charge is 0.497 e. The number of amides is 2. The Balaban J connectivity index is 1.56. The van der Waals surface area contributed by atoms with Gasteiger partial charge in [0, 0.05) is 16.8 Å². The van der Waals surface area contributed by atoms with Gasteiger partial charge in [-0.1, -0.05) is 41.6 Å². The van der Waals surface area contributed by atoms with Crippen molar-refractivity contribution in [3.05, 3.63) is 94.3 Å². The standard InChI is InChI=1S/C25H22ClF2N5O2S/c1-15-6-7-17(26)11-22(15)33-23(13-29-24(34)30-21-9-8-18(27)12-20(21)28)31-32-25(33)36-14-16-4-3-5-19(10-16)35-2/h3-12H,13-14H2,1-2H3,(H2,29,30,34). The van der Waals surface area contributed by atoms with Crippen LogP contribution in [0.15, 0.2) is 65.8 Å². The number of aryl methyl sites for hydroxylation is 1. The summed E-state index contributed by atoms with van der Waals surface area (Å²) >= 11 is 7.74. The molecule has 0 saturated carbocycles. The summed E-state index contributed by atoms with van der Waals surface area (Å²) in [5, 5.41) is 14.8. The van der Waals surface area contributed by atoms with Crippen LogP contribution in [0.5, 0.6) is 5.75 Å². The lowest BCUT2D eigenvalue weighted by Crippen LogP contribution is -2.29. The summed E-state index contributed by atoms with van der Waals surface area (Å²) in [5.41, 5.74) is 2.59. The van der Waals surface area contributed by atoms with Crippen molar-refractivity contribution in [1.29, 1.82) is 0 Å². The highest BCUT2D eigenvalue weighted by molar-refractivity contribution is 7.98. The summed E-state index contributed by atoms with van der Waals surface area (Å²) < 4.78 is 34.1. The maximum absolute atomic E-state index is 13.9. The van der Waals surface area contributed by atoms with Crippen LogP contribution in [0.25, 0.3) is 5.69 Å². The van der Waals surface area contributed by atoms with Crippen LogP contribution in [0.4, 0.5) is 19.3 Å². The Hall–Kier alpha value is -3.63. The molecular weight excluding hydrogens is 508 g/mol. The molecule has 7 nitrogen and oxygen atoms in total. The highest BCUT2D eigenvalue weighted by Gasteiger charge is 2.18. The van der Waals surface area contributed by atoms with E-state index in [2.05, 4.69) is 20.8 Å². The van der Waals surface area contributed by atoms with Gasteiger partial charge in [0.25, 0.3) is 0 Å². The van der Waals surface area contributed by atoms with E-state index < -0.39 is 17.7 Å². The monoisotopic (exact) mass is 529 g/mol. The zero-order valence-electron chi connectivity index (χ0n) is 19.4. The van der Waals surface area contributed by atoms with Crippen molar-refractivity contribution in [2.75, 3.05) is 12.4 Å². The van der Waals surface area contributed by atoms with Gasteiger partial charge in [-0.2, -0.15) is 0 Å². The van der Waals surface area contributed by atoms with Gasteiger partial charge in [0.05, 0.1) is 25.0 Å². The number of benzene rings is 3. The second-order valence-electron chi connectivity index (χ2n) is 7.74. The zero-order valence-corrected chi connectivity index (χ0v) is 21.0. The number of methoxy groups -OCH3 is 1. The minimum absolute atomic E-state index is 0.00663. The minimum Gasteiger partial charge on any atom is -0.497 e. The van der Waals surface area contributed by atoms with Gasteiger partial charge in [0.15, 0.2) is 11.0 Å². The predicted molar refractivity (Wildman–Crippen MR) is 136 cm³/mol. The summed E-state index contributed by atoms with van der Waals surface area (Å²) in [6.07, 6.45) is 0. The highest BCUT2D eigenvalue weighted by Crippen LogP contribution is 2.29. The van der Waals surface area contributed by atoms with Crippen molar-refractivity contribution < 1.29 is 18.3 Å². The highest BCUT2D eigenvalue weighted by atomic mass is 35.5. The van der Waals surface area contributed by atoms with Crippen LogP contribution in [0.1, 0.15) is 17.0 Å². The van der Waals surface area contributed by atoms with Crippen molar-refractivity contribution in [3.63, 3.8) is 0 Å². The number of carbonyl (C=O) groups is 1. The van der Waals surface area contributed by atoms with Crippen LogP contribution in [0.3, 0.4) is 0 Å². The maximum Gasteiger partial charge on any atom is 0.319 e. The number of halogens is 3. The molecular formula is C25H22ClF2N5O2S. The Kier molecular flexibility index (Phi) is 8.07. The van der Waals surface area contributed by atoms with E-state index in [0.717, 1.165) is 34.7 Å². The lowest BCUT2D eigenvalue weighted by atomic mass is 10.2. The molecule has 2 N–H and O–H groups in total. The summed E-state index contributed by atoms with van der Waals surface area (Å²) in [7, 11) is 1.62. The molecule has 2 amide bonds. The van der Waals surface area contributed by atoms with E-state index in [0.29, 0.717) is 27.8 Å². The molecule has 0 aliphatic rings. The first-order valence-corrected chi connectivity index (χ1v) is 12.2. The first kappa shape index (κ1) is 25.5. The molecule has 4 rings (SSSR count). The number of anilines is 1. The fourth-order valence-electron chi connectivity index (χ4n) is 3.40. The van der Waals surface area contributed by atoms with E-state index >= 15 is 0 Å². The van der Waals surface area contributed by atoms with Crippen molar-refractivity contribution in [3.8, 4) is 11.4 Å².